The van der Waals surface area contributed by atoms with Crippen LogP contribution < -0.4 is 10.6 Å². The molecule has 0 bridgehead atoms. The summed E-state index contributed by atoms with van der Waals surface area (Å²) in [5.41, 5.74) is 0.986. The largest absolute Gasteiger partial charge is 0.434 e. The maximum atomic E-state index is 12.6. The van der Waals surface area contributed by atoms with Gasteiger partial charge < -0.3 is 10.6 Å². The van der Waals surface area contributed by atoms with E-state index in [-0.39, 0.29) is 24.0 Å². The van der Waals surface area contributed by atoms with Crippen LogP contribution in [0.25, 0.3) is 5.69 Å². The predicted molar refractivity (Wildman–Crippen MR) is 123 cm³/mol. The number of hydrogen-bond acceptors (Lipinski definition) is 4. The zero-order valence-electron chi connectivity index (χ0n) is 15.8. The molecule has 2 N–H and O–H groups in total. The third kappa shape index (κ3) is 6.84. The number of guanidine groups is 1. The Balaban J connectivity index is 0.00000320. The van der Waals surface area contributed by atoms with Gasteiger partial charge in [0.15, 0.2) is 11.7 Å². The maximum absolute atomic E-state index is 12.6. The van der Waals surface area contributed by atoms with Crippen LogP contribution >= 0.6 is 46.9 Å². The molecule has 30 heavy (non-hydrogen) atoms. The van der Waals surface area contributed by atoms with Crippen molar-refractivity contribution in [2.75, 3.05) is 13.6 Å². The van der Waals surface area contributed by atoms with Crippen LogP contribution in [0.2, 0.25) is 5.02 Å². The molecule has 0 saturated heterocycles. The fourth-order valence-corrected chi connectivity index (χ4v) is 3.37. The van der Waals surface area contributed by atoms with E-state index in [9.17, 15) is 13.2 Å². The third-order valence-electron chi connectivity index (χ3n) is 3.88. The van der Waals surface area contributed by atoms with E-state index in [0.29, 0.717) is 35.5 Å². The van der Waals surface area contributed by atoms with Gasteiger partial charge >= 0.3 is 6.18 Å². The normalized spacial score (nSPS) is 11.8. The minimum absolute atomic E-state index is 0. The molecule has 0 amide bonds. The predicted octanol–water partition coefficient (Wildman–Crippen LogP) is 4.53. The SMILES string of the molecule is CN=C(NCCc1nc(C(F)(F)F)cs1)NCc1cnn(-c2ccc(Cl)cc2)c1.I. The molecule has 2 aromatic heterocycles. The fraction of sp³-hybridized carbons (Fsp3) is 0.278. The van der Waals surface area contributed by atoms with Gasteiger partial charge in [-0.05, 0) is 24.3 Å². The van der Waals surface area contributed by atoms with E-state index in [4.69, 9.17) is 11.6 Å². The van der Waals surface area contributed by atoms with Crippen molar-refractivity contribution in [3.05, 3.63) is 63.3 Å². The van der Waals surface area contributed by atoms with E-state index in [1.807, 2.05) is 18.3 Å². The van der Waals surface area contributed by atoms with Crippen molar-refractivity contribution < 1.29 is 13.2 Å². The Kier molecular flexibility index (Phi) is 8.92. The van der Waals surface area contributed by atoms with Crippen molar-refractivity contribution in [2.24, 2.45) is 4.99 Å². The van der Waals surface area contributed by atoms with Crippen LogP contribution in [0, 0.1) is 0 Å². The van der Waals surface area contributed by atoms with Crippen LogP contribution in [-0.2, 0) is 19.1 Å². The van der Waals surface area contributed by atoms with Gasteiger partial charge in [-0.15, -0.1) is 35.3 Å². The molecule has 0 unspecified atom stereocenters. The highest BCUT2D eigenvalue weighted by Gasteiger charge is 2.33. The highest BCUT2D eigenvalue weighted by atomic mass is 127. The van der Waals surface area contributed by atoms with E-state index in [0.717, 1.165) is 28.0 Å². The third-order valence-corrected chi connectivity index (χ3v) is 5.04. The fourth-order valence-electron chi connectivity index (χ4n) is 2.44. The summed E-state index contributed by atoms with van der Waals surface area (Å²) in [4.78, 5) is 7.72. The first-order chi connectivity index (χ1) is 13.8. The Morgan fingerprint density at radius 3 is 2.60 bits per heavy atom. The second-order valence-corrected chi connectivity index (χ2v) is 7.38. The number of nitrogens with zero attached hydrogens (tertiary/aromatic N) is 4. The molecule has 1 aromatic carbocycles. The number of aliphatic imine (C=N–C) groups is 1. The van der Waals surface area contributed by atoms with E-state index in [2.05, 4.69) is 25.7 Å². The van der Waals surface area contributed by atoms with Crippen molar-refractivity contribution in [2.45, 2.75) is 19.1 Å². The lowest BCUT2D eigenvalue weighted by Gasteiger charge is -2.10. The number of aromatic nitrogens is 3. The van der Waals surface area contributed by atoms with Crippen LogP contribution in [0.1, 0.15) is 16.3 Å². The minimum atomic E-state index is -4.41. The first-order valence-electron chi connectivity index (χ1n) is 8.61. The molecule has 0 aliphatic rings. The van der Waals surface area contributed by atoms with Crippen LogP contribution in [0.3, 0.4) is 0 Å². The number of halogens is 5. The molecule has 0 spiro atoms. The van der Waals surface area contributed by atoms with Crippen LogP contribution in [-0.4, -0.2) is 34.3 Å². The molecule has 12 heteroatoms. The topological polar surface area (TPSA) is 67.1 Å². The number of nitrogens with one attached hydrogen (secondary N) is 2. The van der Waals surface area contributed by atoms with Crippen LogP contribution in [0.15, 0.2) is 47.0 Å². The number of thiazole rings is 1. The van der Waals surface area contributed by atoms with Gasteiger partial charge in [0, 0.05) is 48.7 Å². The summed E-state index contributed by atoms with van der Waals surface area (Å²) < 4.78 is 39.5. The van der Waals surface area contributed by atoms with E-state index in [1.54, 1.807) is 30.1 Å². The second-order valence-electron chi connectivity index (χ2n) is 6.00. The molecule has 0 aliphatic heterocycles. The molecular weight excluding hydrogens is 552 g/mol. The second kappa shape index (κ2) is 11.0. The van der Waals surface area contributed by atoms with E-state index < -0.39 is 11.9 Å². The van der Waals surface area contributed by atoms with Crippen LogP contribution in [0.4, 0.5) is 13.2 Å². The zero-order valence-corrected chi connectivity index (χ0v) is 19.7. The summed E-state index contributed by atoms with van der Waals surface area (Å²) in [5.74, 6) is 0.539. The van der Waals surface area contributed by atoms with Gasteiger partial charge in [0.25, 0.3) is 0 Å². The molecule has 0 atom stereocenters. The summed E-state index contributed by atoms with van der Waals surface area (Å²) in [6.07, 6.45) is -0.410. The zero-order chi connectivity index (χ0) is 20.9. The van der Waals surface area contributed by atoms with Gasteiger partial charge in [-0.2, -0.15) is 18.3 Å². The van der Waals surface area contributed by atoms with Gasteiger partial charge in [-0.3, -0.25) is 4.99 Å². The van der Waals surface area contributed by atoms with Gasteiger partial charge in [0.2, 0.25) is 0 Å². The molecule has 2 heterocycles. The van der Waals surface area contributed by atoms with Crippen molar-refractivity contribution in [3.63, 3.8) is 0 Å². The van der Waals surface area contributed by atoms with Gasteiger partial charge in [-0.25, -0.2) is 9.67 Å². The summed E-state index contributed by atoms with van der Waals surface area (Å²) in [5, 5.41) is 12.6. The van der Waals surface area contributed by atoms with Gasteiger partial charge in [-0.1, -0.05) is 11.6 Å². The first-order valence-corrected chi connectivity index (χ1v) is 9.86. The highest BCUT2D eigenvalue weighted by molar-refractivity contribution is 14.0. The van der Waals surface area contributed by atoms with Crippen LogP contribution in [0.5, 0.6) is 0 Å². The number of hydrogen-bond donors (Lipinski definition) is 2. The van der Waals surface area contributed by atoms with Gasteiger partial charge in [0.1, 0.15) is 0 Å². The standard InChI is InChI=1S/C18H18ClF3N6S.HI/c1-23-17(24-7-6-16-27-15(11-29-16)18(20,21)22)25-8-12-9-26-28(10-12)14-4-2-13(19)3-5-14;/h2-5,9-11H,6-8H2,1H3,(H2,23,24,25);1H. The smallest absolute Gasteiger partial charge is 0.356 e. The molecule has 6 nitrogen and oxygen atoms in total. The van der Waals surface area contributed by atoms with Crippen molar-refractivity contribution in [1.82, 2.24) is 25.4 Å². The molecule has 3 rings (SSSR count). The maximum Gasteiger partial charge on any atom is 0.434 e. The van der Waals surface area contributed by atoms with Crippen molar-refractivity contribution in [3.8, 4) is 5.69 Å². The van der Waals surface area contributed by atoms with Crippen molar-refractivity contribution >= 4 is 52.9 Å². The Morgan fingerprint density at radius 2 is 1.97 bits per heavy atom. The molecule has 162 valence electrons. The molecule has 0 saturated carbocycles. The lowest BCUT2D eigenvalue weighted by atomic mass is 10.3. The molecule has 0 radical (unpaired) electrons. The molecule has 3 aromatic rings. The summed E-state index contributed by atoms with van der Waals surface area (Å²) in [6, 6.07) is 7.33. The van der Waals surface area contributed by atoms with Gasteiger partial charge in [0.05, 0.1) is 16.9 Å². The van der Waals surface area contributed by atoms with E-state index in [1.165, 1.54) is 0 Å². The Morgan fingerprint density at radius 1 is 1.23 bits per heavy atom. The summed E-state index contributed by atoms with van der Waals surface area (Å²) in [7, 11) is 1.62. The number of benzene rings is 1. The Hall–Kier alpha value is -1.86. The Labute approximate surface area is 197 Å². The average molecular weight is 571 g/mol. The lowest BCUT2D eigenvalue weighted by molar-refractivity contribution is -0.140. The van der Waals surface area contributed by atoms with Crippen molar-refractivity contribution in [1.29, 1.82) is 0 Å². The quantitative estimate of drug-likeness (QED) is 0.260. The highest BCUT2D eigenvalue weighted by Crippen LogP contribution is 2.30. The summed E-state index contributed by atoms with van der Waals surface area (Å²) >= 11 is 6.89. The minimum Gasteiger partial charge on any atom is -0.356 e. The number of alkyl halides is 3. The average Bonchev–Trinajstić information content (AvgIpc) is 3.34. The molecule has 0 fully saturated rings. The number of rotatable bonds is 6. The molecular formula is C18H19ClF3IN6S. The van der Waals surface area contributed by atoms with E-state index >= 15 is 0 Å². The monoisotopic (exact) mass is 570 g/mol. The Bertz CT molecular complexity index is 971. The first kappa shape index (κ1) is 24.4. The lowest BCUT2D eigenvalue weighted by Crippen LogP contribution is -2.37. The summed E-state index contributed by atoms with van der Waals surface area (Å²) in [6.45, 7) is 0.900. The molecule has 0 aliphatic carbocycles.